The molecular formula is C42H85O9P. The number of carbonyl (C=O) groups is 1. The molecule has 0 heterocycles. The number of carbonyl (C=O) groups excluding carboxylic acids is 1. The first-order chi connectivity index (χ1) is 25.3. The van der Waals surface area contributed by atoms with Gasteiger partial charge in [-0.25, -0.2) is 4.57 Å². The Labute approximate surface area is 320 Å². The highest BCUT2D eigenvalue weighted by Gasteiger charge is 2.26. The summed E-state index contributed by atoms with van der Waals surface area (Å²) >= 11 is 0. The highest BCUT2D eigenvalue weighted by Crippen LogP contribution is 2.43. The molecule has 9 nitrogen and oxygen atoms in total. The van der Waals surface area contributed by atoms with E-state index in [4.69, 9.17) is 23.6 Å². The summed E-state index contributed by atoms with van der Waals surface area (Å²) in [4.78, 5) is 22.6. The van der Waals surface area contributed by atoms with Gasteiger partial charge in [0, 0.05) is 13.0 Å². The second kappa shape index (κ2) is 40.1. The second-order valence-electron chi connectivity index (χ2n) is 15.1. The van der Waals surface area contributed by atoms with Crippen LogP contribution in [-0.2, 0) is 27.9 Å². The number of ether oxygens (including phenoxy) is 2. The van der Waals surface area contributed by atoms with Crippen LogP contribution in [0.2, 0.25) is 0 Å². The SMILES string of the molecule is CCCCCCCCCCCCCCCCCCCCCC(=O)OC(COCCCCCCCCCCCCCC)COP(=O)(O)OCC(O)CO. The molecule has 0 aliphatic heterocycles. The molecule has 3 unspecified atom stereocenters. The van der Waals surface area contributed by atoms with Crippen molar-refractivity contribution < 1.29 is 43.0 Å². The summed E-state index contributed by atoms with van der Waals surface area (Å²) in [5, 5.41) is 18.3. The lowest BCUT2D eigenvalue weighted by atomic mass is 10.0. The monoisotopic (exact) mass is 765 g/mol. The zero-order valence-electron chi connectivity index (χ0n) is 34.1. The zero-order chi connectivity index (χ0) is 38.2. The summed E-state index contributed by atoms with van der Waals surface area (Å²) in [6.07, 6.45) is 37.7. The molecule has 0 saturated carbocycles. The molecule has 0 rings (SSSR count). The first kappa shape index (κ1) is 51.5. The van der Waals surface area contributed by atoms with E-state index in [0.717, 1.165) is 32.1 Å². The fourth-order valence-corrected chi connectivity index (χ4v) is 7.21. The number of unbranched alkanes of at least 4 members (excludes halogenated alkanes) is 29. The molecule has 0 aromatic rings. The van der Waals surface area contributed by atoms with Crippen LogP contribution in [0.5, 0.6) is 0 Å². The van der Waals surface area contributed by atoms with Crippen molar-refractivity contribution in [2.45, 2.75) is 232 Å². The van der Waals surface area contributed by atoms with Gasteiger partial charge in [0.25, 0.3) is 0 Å². The van der Waals surface area contributed by atoms with Gasteiger partial charge in [0.2, 0.25) is 0 Å². The quantitative estimate of drug-likeness (QED) is 0.0315. The van der Waals surface area contributed by atoms with E-state index >= 15 is 0 Å². The van der Waals surface area contributed by atoms with Crippen molar-refractivity contribution >= 4 is 13.8 Å². The molecule has 52 heavy (non-hydrogen) atoms. The molecule has 0 aliphatic carbocycles. The maximum absolute atomic E-state index is 12.6. The summed E-state index contributed by atoms with van der Waals surface area (Å²) < 4.78 is 33.3. The van der Waals surface area contributed by atoms with Crippen molar-refractivity contribution in [2.75, 3.05) is 33.0 Å². The fourth-order valence-electron chi connectivity index (χ4n) is 6.42. The van der Waals surface area contributed by atoms with Gasteiger partial charge in [0.15, 0.2) is 0 Å². The Bertz CT molecular complexity index is 785. The fraction of sp³-hybridized carbons (Fsp3) is 0.976. The predicted octanol–water partition coefficient (Wildman–Crippen LogP) is 11.9. The Balaban J connectivity index is 4.07. The lowest BCUT2D eigenvalue weighted by Crippen LogP contribution is -2.29. The van der Waals surface area contributed by atoms with Crippen molar-refractivity contribution in [1.82, 2.24) is 0 Å². The van der Waals surface area contributed by atoms with E-state index in [9.17, 15) is 19.4 Å². The molecule has 0 saturated heterocycles. The minimum absolute atomic E-state index is 0.0578. The lowest BCUT2D eigenvalue weighted by molar-refractivity contribution is -0.154. The molecule has 0 aromatic carbocycles. The smallest absolute Gasteiger partial charge is 0.457 e. The maximum Gasteiger partial charge on any atom is 0.472 e. The Morgan fingerprint density at radius 1 is 0.519 bits per heavy atom. The van der Waals surface area contributed by atoms with Crippen molar-refractivity contribution in [3.63, 3.8) is 0 Å². The first-order valence-corrected chi connectivity index (χ1v) is 23.5. The largest absolute Gasteiger partial charge is 0.472 e. The Kier molecular flexibility index (Phi) is 39.7. The van der Waals surface area contributed by atoms with Gasteiger partial charge in [-0.05, 0) is 12.8 Å². The third-order valence-corrected chi connectivity index (χ3v) is 10.7. The van der Waals surface area contributed by atoms with Crippen LogP contribution in [0, 0.1) is 0 Å². The topological polar surface area (TPSA) is 132 Å². The Morgan fingerprint density at radius 2 is 0.865 bits per heavy atom. The molecule has 3 N–H and O–H groups in total. The predicted molar refractivity (Wildman–Crippen MR) is 215 cm³/mol. The number of esters is 1. The summed E-state index contributed by atoms with van der Waals surface area (Å²) in [5.74, 6) is -0.376. The first-order valence-electron chi connectivity index (χ1n) is 22.0. The minimum Gasteiger partial charge on any atom is -0.457 e. The molecule has 0 amide bonds. The Morgan fingerprint density at radius 3 is 1.25 bits per heavy atom. The van der Waals surface area contributed by atoms with E-state index < -0.39 is 33.2 Å². The third-order valence-electron chi connectivity index (χ3n) is 9.79. The average molecular weight is 765 g/mol. The van der Waals surface area contributed by atoms with Crippen molar-refractivity contribution in [2.24, 2.45) is 0 Å². The van der Waals surface area contributed by atoms with E-state index in [1.54, 1.807) is 0 Å². The number of phosphoric ester groups is 1. The van der Waals surface area contributed by atoms with Crippen molar-refractivity contribution in [1.29, 1.82) is 0 Å². The van der Waals surface area contributed by atoms with Gasteiger partial charge < -0.3 is 24.6 Å². The number of hydrogen-bond acceptors (Lipinski definition) is 8. The molecule has 0 radical (unpaired) electrons. The van der Waals surface area contributed by atoms with Crippen LogP contribution in [0.15, 0.2) is 0 Å². The van der Waals surface area contributed by atoms with Gasteiger partial charge in [-0.15, -0.1) is 0 Å². The van der Waals surface area contributed by atoms with Crippen LogP contribution in [0.4, 0.5) is 0 Å². The average Bonchev–Trinajstić information content (AvgIpc) is 3.13. The van der Waals surface area contributed by atoms with Crippen molar-refractivity contribution in [3.8, 4) is 0 Å². The number of phosphoric acid groups is 1. The van der Waals surface area contributed by atoms with E-state index in [1.807, 2.05) is 0 Å². The molecule has 0 fully saturated rings. The Hall–Kier alpha value is -0.540. The minimum atomic E-state index is -4.51. The van der Waals surface area contributed by atoms with Crippen LogP contribution >= 0.6 is 7.82 Å². The second-order valence-corrected chi connectivity index (χ2v) is 16.5. The highest BCUT2D eigenvalue weighted by atomic mass is 31.2. The summed E-state index contributed by atoms with van der Waals surface area (Å²) in [6.45, 7) is 3.57. The number of hydrogen-bond donors (Lipinski definition) is 3. The molecule has 0 spiro atoms. The van der Waals surface area contributed by atoms with Crippen LogP contribution in [0.3, 0.4) is 0 Å². The molecule has 3 atom stereocenters. The van der Waals surface area contributed by atoms with Gasteiger partial charge in [-0.2, -0.15) is 0 Å². The maximum atomic E-state index is 12.6. The van der Waals surface area contributed by atoms with E-state index in [2.05, 4.69) is 13.8 Å². The molecular weight excluding hydrogens is 679 g/mol. The van der Waals surface area contributed by atoms with Crippen LogP contribution < -0.4 is 0 Å². The van der Waals surface area contributed by atoms with Gasteiger partial charge >= 0.3 is 13.8 Å². The number of aliphatic hydroxyl groups is 2. The van der Waals surface area contributed by atoms with Crippen LogP contribution in [-0.4, -0.2) is 66.3 Å². The lowest BCUT2D eigenvalue weighted by Gasteiger charge is -2.20. The molecule has 312 valence electrons. The van der Waals surface area contributed by atoms with Gasteiger partial charge in [-0.1, -0.05) is 200 Å². The van der Waals surface area contributed by atoms with E-state index in [0.29, 0.717) is 6.61 Å². The zero-order valence-corrected chi connectivity index (χ0v) is 35.0. The molecule has 0 bridgehead atoms. The van der Waals surface area contributed by atoms with Crippen molar-refractivity contribution in [3.05, 3.63) is 0 Å². The molecule has 0 aromatic heterocycles. The number of aliphatic hydroxyl groups excluding tert-OH is 2. The summed E-state index contributed by atoms with van der Waals surface area (Å²) in [7, 11) is -4.51. The summed E-state index contributed by atoms with van der Waals surface area (Å²) in [6, 6.07) is 0. The highest BCUT2D eigenvalue weighted by molar-refractivity contribution is 7.47. The van der Waals surface area contributed by atoms with Gasteiger partial charge in [0.05, 0.1) is 26.4 Å². The van der Waals surface area contributed by atoms with E-state index in [-0.39, 0.29) is 25.6 Å². The van der Waals surface area contributed by atoms with Crippen LogP contribution in [0.1, 0.15) is 219 Å². The number of rotatable bonds is 43. The van der Waals surface area contributed by atoms with Gasteiger partial charge in [0.1, 0.15) is 12.2 Å². The summed E-state index contributed by atoms with van der Waals surface area (Å²) in [5.41, 5.74) is 0. The van der Waals surface area contributed by atoms with Gasteiger partial charge in [-0.3, -0.25) is 13.8 Å². The third kappa shape index (κ3) is 39.2. The standard InChI is InChI=1S/C42H85O9P/c1-3-5-7-9-11-13-15-17-18-19-20-21-22-23-24-26-28-30-32-34-42(45)51-41(39-50-52(46,47)49-37-40(44)36-43)38-48-35-33-31-29-27-25-16-14-12-10-8-6-4-2/h40-41,43-44H,3-39H2,1-2H3,(H,46,47). The molecule has 10 heteroatoms. The van der Waals surface area contributed by atoms with Crippen LogP contribution in [0.25, 0.3) is 0 Å². The molecule has 0 aliphatic rings. The normalized spacial score (nSPS) is 14.0. The van der Waals surface area contributed by atoms with E-state index in [1.165, 1.54) is 167 Å².